The molecule has 7 heteroatoms. The number of allylic oxidation sites excluding steroid dienone is 1. The first kappa shape index (κ1) is 24.9. The van der Waals surface area contributed by atoms with Crippen LogP contribution in [0.25, 0.3) is 0 Å². The van der Waals surface area contributed by atoms with Crippen LogP contribution in [0.5, 0.6) is 0 Å². The SMILES string of the molecule is CC1=CC(=O)O/C1=C\[C@H](O)[C@](C)(O)CC[C@@H]1[C@@]2(C)CCC[C@@](C)(C(=O)O)C2CC[C@@]1(C)O. The van der Waals surface area contributed by atoms with E-state index in [1.54, 1.807) is 6.92 Å². The number of hydrogen-bond donors (Lipinski definition) is 4. The van der Waals surface area contributed by atoms with Gasteiger partial charge < -0.3 is 25.2 Å². The van der Waals surface area contributed by atoms with Gasteiger partial charge in [0.15, 0.2) is 0 Å². The lowest BCUT2D eigenvalue weighted by molar-refractivity contribution is -0.193. The van der Waals surface area contributed by atoms with Crippen molar-refractivity contribution in [3.8, 4) is 0 Å². The molecule has 0 bridgehead atoms. The zero-order valence-electron chi connectivity index (χ0n) is 19.9. The minimum atomic E-state index is -1.51. The second-order valence-corrected chi connectivity index (χ2v) is 11.2. The van der Waals surface area contributed by atoms with Gasteiger partial charge in [-0.25, -0.2) is 4.79 Å². The van der Waals surface area contributed by atoms with Crippen molar-refractivity contribution in [2.75, 3.05) is 0 Å². The van der Waals surface area contributed by atoms with Crippen molar-refractivity contribution in [2.24, 2.45) is 22.7 Å². The van der Waals surface area contributed by atoms with Gasteiger partial charge in [-0.1, -0.05) is 13.3 Å². The molecule has 180 valence electrons. The molecule has 4 N–H and O–H groups in total. The van der Waals surface area contributed by atoms with E-state index in [1.165, 1.54) is 19.1 Å². The van der Waals surface area contributed by atoms with E-state index in [1.807, 2.05) is 13.8 Å². The summed E-state index contributed by atoms with van der Waals surface area (Å²) < 4.78 is 5.06. The largest absolute Gasteiger partial charge is 0.481 e. The van der Waals surface area contributed by atoms with Gasteiger partial charge in [0.05, 0.1) is 16.6 Å². The molecule has 7 nitrogen and oxygen atoms in total. The van der Waals surface area contributed by atoms with Crippen LogP contribution in [-0.4, -0.2) is 49.7 Å². The Labute approximate surface area is 190 Å². The van der Waals surface area contributed by atoms with Gasteiger partial charge in [-0.2, -0.15) is 0 Å². The molecule has 2 saturated carbocycles. The van der Waals surface area contributed by atoms with Gasteiger partial charge in [0.2, 0.25) is 0 Å². The molecule has 3 rings (SSSR count). The molecule has 2 fully saturated rings. The van der Waals surface area contributed by atoms with Crippen LogP contribution >= 0.6 is 0 Å². The number of carboxylic acids is 1. The average molecular weight is 451 g/mol. The molecule has 1 aliphatic heterocycles. The summed E-state index contributed by atoms with van der Waals surface area (Å²) in [6.07, 6.45) is 5.48. The van der Waals surface area contributed by atoms with E-state index in [4.69, 9.17) is 4.74 Å². The van der Waals surface area contributed by atoms with Gasteiger partial charge in [-0.05, 0) is 95.1 Å². The predicted octanol–water partition coefficient (Wildman–Crippen LogP) is 3.32. The Kier molecular flexibility index (Phi) is 6.44. The summed E-state index contributed by atoms with van der Waals surface area (Å²) in [4.78, 5) is 23.6. The second-order valence-electron chi connectivity index (χ2n) is 11.2. The van der Waals surface area contributed by atoms with Crippen molar-refractivity contribution in [1.29, 1.82) is 0 Å². The van der Waals surface area contributed by atoms with Gasteiger partial charge in [0.25, 0.3) is 0 Å². The van der Waals surface area contributed by atoms with Crippen LogP contribution < -0.4 is 0 Å². The minimum Gasteiger partial charge on any atom is -0.481 e. The summed E-state index contributed by atoms with van der Waals surface area (Å²) in [7, 11) is 0. The number of carbonyl (C=O) groups is 2. The summed E-state index contributed by atoms with van der Waals surface area (Å²) in [5, 5.41) is 43.0. The molecule has 3 aliphatic rings. The van der Waals surface area contributed by atoms with Crippen LogP contribution in [0.15, 0.2) is 23.5 Å². The van der Waals surface area contributed by atoms with Crippen molar-refractivity contribution in [2.45, 2.75) is 96.9 Å². The van der Waals surface area contributed by atoms with Crippen LogP contribution in [-0.2, 0) is 14.3 Å². The number of esters is 1. The Morgan fingerprint density at radius 2 is 1.97 bits per heavy atom. The molecular weight excluding hydrogens is 412 g/mol. The minimum absolute atomic E-state index is 0.0610. The molecule has 0 aromatic carbocycles. The number of ether oxygens (including phenoxy) is 1. The van der Waals surface area contributed by atoms with Crippen LogP contribution in [0.2, 0.25) is 0 Å². The first-order valence-electron chi connectivity index (χ1n) is 11.6. The zero-order valence-corrected chi connectivity index (χ0v) is 19.9. The molecule has 0 aromatic rings. The summed E-state index contributed by atoms with van der Waals surface area (Å²) in [5.41, 5.74) is -3.11. The quantitative estimate of drug-likeness (QED) is 0.458. The Morgan fingerprint density at radius 3 is 2.53 bits per heavy atom. The van der Waals surface area contributed by atoms with Crippen molar-refractivity contribution >= 4 is 11.9 Å². The standard InChI is InChI=1S/C25H38O7/c1-15-13-20(27)32-16(15)14-19(26)25(5,31)12-8-18-22(2)9-6-10-23(3,21(28)29)17(22)7-11-24(18,4)30/h13-14,17-19,26,30-31H,6-12H2,1-5H3,(H,28,29)/b16-14-/t17?,18-,19+,22+,23-,24-,25-/m1/s1. The molecule has 7 atom stereocenters. The first-order chi connectivity index (χ1) is 14.6. The van der Waals surface area contributed by atoms with Crippen molar-refractivity contribution in [3.05, 3.63) is 23.5 Å². The lowest BCUT2D eigenvalue weighted by atomic mass is 9.44. The molecule has 1 unspecified atom stereocenters. The molecule has 1 heterocycles. The summed E-state index contributed by atoms with van der Waals surface area (Å²) >= 11 is 0. The molecule has 0 amide bonds. The van der Waals surface area contributed by atoms with E-state index in [9.17, 15) is 30.0 Å². The van der Waals surface area contributed by atoms with E-state index < -0.39 is 34.7 Å². The third-order valence-corrected chi connectivity index (χ3v) is 8.77. The topological polar surface area (TPSA) is 124 Å². The molecule has 0 radical (unpaired) electrons. The predicted molar refractivity (Wildman–Crippen MR) is 118 cm³/mol. The summed E-state index contributed by atoms with van der Waals surface area (Å²) in [6, 6.07) is 0. The summed E-state index contributed by atoms with van der Waals surface area (Å²) in [6.45, 7) is 8.96. The smallest absolute Gasteiger partial charge is 0.336 e. The molecule has 0 spiro atoms. The third-order valence-electron chi connectivity index (χ3n) is 8.77. The maximum Gasteiger partial charge on any atom is 0.336 e. The van der Waals surface area contributed by atoms with Gasteiger partial charge in [0, 0.05) is 6.08 Å². The second kappa shape index (κ2) is 8.26. The third kappa shape index (κ3) is 4.27. The zero-order chi connectivity index (χ0) is 24.1. The number of rotatable bonds is 6. The Balaban J connectivity index is 1.81. The Bertz CT molecular complexity index is 839. The van der Waals surface area contributed by atoms with Gasteiger partial charge in [-0.15, -0.1) is 0 Å². The maximum absolute atomic E-state index is 12.2. The Morgan fingerprint density at radius 1 is 1.31 bits per heavy atom. The molecule has 2 aliphatic carbocycles. The van der Waals surface area contributed by atoms with Crippen molar-refractivity contribution < 1.29 is 34.8 Å². The van der Waals surface area contributed by atoms with E-state index in [2.05, 4.69) is 6.92 Å². The van der Waals surface area contributed by atoms with Crippen LogP contribution in [0, 0.1) is 22.7 Å². The molecule has 0 saturated heterocycles. The van der Waals surface area contributed by atoms with Crippen LogP contribution in [0.1, 0.15) is 79.6 Å². The number of cyclic esters (lactones) is 1. The number of aliphatic hydroxyl groups excluding tert-OH is 1. The van der Waals surface area contributed by atoms with E-state index in [0.717, 1.165) is 12.8 Å². The number of carboxylic acid groups (broad SMARTS) is 1. The normalized spacial score (nSPS) is 41.4. The van der Waals surface area contributed by atoms with Crippen molar-refractivity contribution in [3.63, 3.8) is 0 Å². The highest BCUT2D eigenvalue weighted by atomic mass is 16.5. The van der Waals surface area contributed by atoms with Gasteiger partial charge in [-0.3, -0.25) is 4.79 Å². The monoisotopic (exact) mass is 450 g/mol. The number of aliphatic carboxylic acids is 1. The lowest BCUT2D eigenvalue weighted by Gasteiger charge is -2.61. The van der Waals surface area contributed by atoms with Gasteiger partial charge >= 0.3 is 11.9 Å². The fourth-order valence-corrected chi connectivity index (χ4v) is 6.73. The highest BCUT2D eigenvalue weighted by Gasteiger charge is 2.61. The van der Waals surface area contributed by atoms with E-state index in [0.29, 0.717) is 31.3 Å². The van der Waals surface area contributed by atoms with Gasteiger partial charge in [0.1, 0.15) is 11.9 Å². The van der Waals surface area contributed by atoms with Crippen molar-refractivity contribution in [1.82, 2.24) is 0 Å². The fourth-order valence-electron chi connectivity index (χ4n) is 6.73. The average Bonchev–Trinajstić information content (AvgIpc) is 2.97. The van der Waals surface area contributed by atoms with E-state index >= 15 is 0 Å². The fraction of sp³-hybridized carbons (Fsp3) is 0.760. The lowest BCUT2D eigenvalue weighted by Crippen LogP contribution is -2.60. The maximum atomic E-state index is 12.2. The number of aliphatic hydroxyl groups is 3. The van der Waals surface area contributed by atoms with Crippen LogP contribution in [0.3, 0.4) is 0 Å². The van der Waals surface area contributed by atoms with Crippen LogP contribution in [0.4, 0.5) is 0 Å². The first-order valence-corrected chi connectivity index (χ1v) is 11.6. The van der Waals surface area contributed by atoms with E-state index in [-0.39, 0.29) is 29.4 Å². The Hall–Kier alpha value is -1.70. The number of carbonyl (C=O) groups excluding carboxylic acids is 1. The summed E-state index contributed by atoms with van der Waals surface area (Å²) in [5.74, 6) is -1.32. The highest BCUT2D eigenvalue weighted by molar-refractivity contribution is 5.88. The molecular formula is C25H38O7. The number of fused-ring (bicyclic) bond motifs is 1. The number of hydrogen-bond acceptors (Lipinski definition) is 6. The highest BCUT2D eigenvalue weighted by Crippen LogP contribution is 2.63. The molecule has 32 heavy (non-hydrogen) atoms. The molecule has 0 aromatic heterocycles.